The number of carbonyl (C=O) groups is 1. The fourth-order valence-electron chi connectivity index (χ4n) is 3.81. The summed E-state index contributed by atoms with van der Waals surface area (Å²) in [5.41, 5.74) is 4.53. The van der Waals surface area contributed by atoms with Crippen LogP contribution in [0.5, 0.6) is 11.5 Å². The molecule has 12 heteroatoms. The van der Waals surface area contributed by atoms with Crippen LogP contribution in [0.1, 0.15) is 16.7 Å². The normalized spacial score (nSPS) is 11.5. The zero-order valence-corrected chi connectivity index (χ0v) is 26.3. The fourth-order valence-corrected chi connectivity index (χ4v) is 5.92. The summed E-state index contributed by atoms with van der Waals surface area (Å²) in [7, 11) is -2.55. The Morgan fingerprint density at radius 1 is 0.976 bits per heavy atom. The molecule has 0 unspecified atom stereocenters. The van der Waals surface area contributed by atoms with Crippen LogP contribution in [0.3, 0.4) is 0 Å². The maximum atomic E-state index is 13.5. The van der Waals surface area contributed by atoms with Crippen molar-refractivity contribution in [3.05, 3.63) is 122 Å². The fraction of sp³-hybridized carbons (Fsp3) is 0.133. The lowest BCUT2D eigenvalue weighted by Gasteiger charge is -2.22. The van der Waals surface area contributed by atoms with E-state index in [1.165, 1.54) is 31.5 Å². The van der Waals surface area contributed by atoms with Crippen LogP contribution in [0.15, 0.2) is 105 Å². The van der Waals surface area contributed by atoms with Crippen LogP contribution in [0, 0.1) is 0 Å². The third kappa shape index (κ3) is 8.56. The summed E-state index contributed by atoms with van der Waals surface area (Å²) in [6, 6.07) is 25.8. The predicted octanol–water partition coefficient (Wildman–Crippen LogP) is 6.68. The second-order valence-corrected chi connectivity index (χ2v) is 12.6. The first-order valence-corrected chi connectivity index (χ1v) is 15.5. The van der Waals surface area contributed by atoms with Crippen LogP contribution in [0.2, 0.25) is 10.0 Å². The van der Waals surface area contributed by atoms with E-state index in [0.29, 0.717) is 38.7 Å². The topological polar surface area (TPSA) is 97.3 Å². The van der Waals surface area contributed by atoms with Crippen LogP contribution < -0.4 is 14.9 Å². The van der Waals surface area contributed by atoms with Crippen molar-refractivity contribution < 1.29 is 22.7 Å². The van der Waals surface area contributed by atoms with Gasteiger partial charge in [0, 0.05) is 21.1 Å². The van der Waals surface area contributed by atoms with E-state index >= 15 is 0 Å². The quantitative estimate of drug-likeness (QED) is 0.132. The van der Waals surface area contributed by atoms with Crippen LogP contribution in [-0.4, -0.2) is 38.5 Å². The van der Waals surface area contributed by atoms with Crippen molar-refractivity contribution in [2.24, 2.45) is 5.10 Å². The molecular weight excluding hydrogens is 665 g/mol. The van der Waals surface area contributed by atoms with Crippen LogP contribution in [0.25, 0.3) is 0 Å². The molecule has 218 valence electrons. The number of sulfonamides is 1. The number of halogens is 3. The number of nitrogens with zero attached hydrogens (tertiary/aromatic N) is 2. The summed E-state index contributed by atoms with van der Waals surface area (Å²) in [6.45, 7) is -0.293. The van der Waals surface area contributed by atoms with E-state index in [-0.39, 0.29) is 16.5 Å². The zero-order valence-electron chi connectivity index (χ0n) is 22.3. The summed E-state index contributed by atoms with van der Waals surface area (Å²) in [5, 5.41) is 4.69. The van der Waals surface area contributed by atoms with E-state index in [1.807, 2.05) is 30.3 Å². The average Bonchev–Trinajstić information content (AvgIpc) is 2.98. The molecule has 42 heavy (non-hydrogen) atoms. The lowest BCUT2D eigenvalue weighted by molar-refractivity contribution is -0.121. The maximum absolute atomic E-state index is 13.5. The third-order valence-electron chi connectivity index (χ3n) is 5.96. The minimum atomic E-state index is -4.08. The molecule has 0 atom stereocenters. The van der Waals surface area contributed by atoms with Gasteiger partial charge in [0.05, 0.1) is 24.8 Å². The molecule has 0 fully saturated rings. The molecule has 4 aromatic rings. The molecule has 4 rings (SSSR count). The van der Waals surface area contributed by atoms with Crippen LogP contribution in [-0.2, 0) is 28.0 Å². The Hall–Kier alpha value is -3.41. The Labute approximate surface area is 263 Å². The predicted molar refractivity (Wildman–Crippen MR) is 168 cm³/mol. The number of hydrogen-bond acceptors (Lipinski definition) is 6. The van der Waals surface area contributed by atoms with Crippen molar-refractivity contribution >= 4 is 61.3 Å². The van der Waals surface area contributed by atoms with Gasteiger partial charge in [0.15, 0.2) is 11.5 Å². The highest BCUT2D eigenvalue weighted by molar-refractivity contribution is 9.10. The van der Waals surface area contributed by atoms with Crippen LogP contribution in [0.4, 0.5) is 0 Å². The highest BCUT2D eigenvalue weighted by Gasteiger charge is 2.27. The van der Waals surface area contributed by atoms with Gasteiger partial charge in [-0.1, -0.05) is 75.5 Å². The lowest BCUT2D eigenvalue weighted by atomic mass is 10.2. The van der Waals surface area contributed by atoms with Gasteiger partial charge in [-0.15, -0.1) is 0 Å². The molecule has 0 spiro atoms. The first-order chi connectivity index (χ1) is 20.2. The number of nitrogens with one attached hydrogen (secondary N) is 1. The smallest absolute Gasteiger partial charge is 0.255 e. The van der Waals surface area contributed by atoms with E-state index in [2.05, 4.69) is 26.5 Å². The molecule has 1 amide bonds. The Balaban J connectivity index is 1.46. The summed E-state index contributed by atoms with van der Waals surface area (Å²) in [5.74, 6) is 0.400. The molecule has 0 aromatic heterocycles. The molecule has 0 bridgehead atoms. The number of carbonyl (C=O) groups excluding carboxylic acids is 1. The summed E-state index contributed by atoms with van der Waals surface area (Å²) < 4.78 is 40.1. The van der Waals surface area contributed by atoms with Gasteiger partial charge in [-0.05, 0) is 71.3 Å². The van der Waals surface area contributed by atoms with Crippen molar-refractivity contribution in [2.75, 3.05) is 13.7 Å². The van der Waals surface area contributed by atoms with Gasteiger partial charge in [0.25, 0.3) is 5.91 Å². The summed E-state index contributed by atoms with van der Waals surface area (Å²) in [6.07, 6.45) is 1.42. The summed E-state index contributed by atoms with van der Waals surface area (Å²) in [4.78, 5) is 12.9. The minimum absolute atomic E-state index is 0.0220. The molecular formula is C30H26BrCl2N3O5S. The van der Waals surface area contributed by atoms with E-state index < -0.39 is 22.5 Å². The van der Waals surface area contributed by atoms with Gasteiger partial charge in [-0.25, -0.2) is 13.8 Å². The largest absolute Gasteiger partial charge is 0.493 e. The molecule has 4 aromatic carbocycles. The Morgan fingerprint density at radius 3 is 2.40 bits per heavy atom. The monoisotopic (exact) mass is 689 g/mol. The second-order valence-electron chi connectivity index (χ2n) is 8.94. The summed E-state index contributed by atoms with van der Waals surface area (Å²) >= 11 is 15.6. The Bertz CT molecular complexity index is 1670. The number of benzene rings is 4. The van der Waals surface area contributed by atoms with Crippen molar-refractivity contribution in [3.63, 3.8) is 0 Å². The zero-order chi connectivity index (χ0) is 30.1. The first kappa shape index (κ1) is 31.5. The molecule has 0 aliphatic carbocycles. The molecule has 0 saturated carbocycles. The number of hydrazone groups is 1. The van der Waals surface area contributed by atoms with Gasteiger partial charge in [-0.2, -0.15) is 9.41 Å². The van der Waals surface area contributed by atoms with Gasteiger partial charge >= 0.3 is 0 Å². The molecule has 0 radical (unpaired) electrons. The molecule has 0 heterocycles. The SMILES string of the molecule is COc1cc(/C=N/NC(=O)CN(Cc2ccc(Cl)cc2Cl)S(=O)(=O)c2ccc(Br)cc2)ccc1OCc1ccccc1. The van der Waals surface area contributed by atoms with Crippen molar-refractivity contribution in [3.8, 4) is 11.5 Å². The first-order valence-electron chi connectivity index (χ1n) is 12.5. The lowest BCUT2D eigenvalue weighted by Crippen LogP contribution is -2.39. The number of amides is 1. The van der Waals surface area contributed by atoms with E-state index in [4.69, 9.17) is 32.7 Å². The van der Waals surface area contributed by atoms with Gasteiger partial charge in [-0.3, -0.25) is 4.79 Å². The minimum Gasteiger partial charge on any atom is -0.493 e. The van der Waals surface area contributed by atoms with Crippen molar-refractivity contribution in [1.29, 1.82) is 0 Å². The highest BCUT2D eigenvalue weighted by atomic mass is 79.9. The maximum Gasteiger partial charge on any atom is 0.255 e. The van der Waals surface area contributed by atoms with Gasteiger partial charge in [0.2, 0.25) is 10.0 Å². The van der Waals surface area contributed by atoms with E-state index in [1.54, 1.807) is 42.5 Å². The molecule has 0 aliphatic rings. The molecule has 1 N–H and O–H groups in total. The van der Waals surface area contributed by atoms with Crippen LogP contribution >= 0.6 is 39.1 Å². The van der Waals surface area contributed by atoms with Gasteiger partial charge in [0.1, 0.15) is 6.61 Å². The molecule has 8 nitrogen and oxygen atoms in total. The standard InChI is InChI=1S/C30H26BrCl2N3O5S/c1-40-29-15-22(7-14-28(29)41-20-21-5-3-2-4-6-21)17-34-35-30(37)19-36(18-23-8-11-25(32)16-27(23)33)42(38,39)26-12-9-24(31)10-13-26/h2-17H,18-20H2,1H3,(H,35,37)/b34-17+. The van der Waals surface area contributed by atoms with Crippen molar-refractivity contribution in [2.45, 2.75) is 18.0 Å². The van der Waals surface area contributed by atoms with Crippen molar-refractivity contribution in [1.82, 2.24) is 9.73 Å². The highest BCUT2D eigenvalue weighted by Crippen LogP contribution is 2.29. The number of rotatable bonds is 12. The third-order valence-corrected chi connectivity index (χ3v) is 8.88. The second kappa shape index (κ2) is 14.7. The number of hydrogen-bond donors (Lipinski definition) is 1. The van der Waals surface area contributed by atoms with E-state index in [9.17, 15) is 13.2 Å². The van der Waals surface area contributed by atoms with E-state index in [0.717, 1.165) is 9.87 Å². The molecule has 0 aliphatic heterocycles. The molecule has 0 saturated heterocycles. The average molecular weight is 691 g/mol. The number of ether oxygens (including phenoxy) is 2. The Kier molecular flexibility index (Phi) is 11.0. The van der Waals surface area contributed by atoms with Gasteiger partial charge < -0.3 is 9.47 Å². The Morgan fingerprint density at radius 2 is 1.71 bits per heavy atom. The number of methoxy groups -OCH3 is 1.